The quantitative estimate of drug-likeness (QED) is 0.549. The first-order chi connectivity index (χ1) is 13.2. The van der Waals surface area contributed by atoms with Gasteiger partial charge in [-0.3, -0.25) is 9.10 Å². The standard InChI is InChI=1S/C23H40N2O3S/c1-8-9-11-19-13-15-20(16-14-19)25(29(7,27)28)17-10-12-21(26)24-23(5,6)18-22(2,3)4/h13-16H,8-12,17-18H2,1-7H3,(H,24,26). The molecule has 0 radical (unpaired) electrons. The van der Waals surface area contributed by atoms with Gasteiger partial charge in [0.15, 0.2) is 0 Å². The minimum Gasteiger partial charge on any atom is -0.351 e. The molecule has 0 heterocycles. The van der Waals surface area contributed by atoms with E-state index in [4.69, 9.17) is 0 Å². The third kappa shape index (κ3) is 10.2. The van der Waals surface area contributed by atoms with E-state index in [-0.39, 0.29) is 16.9 Å². The second-order valence-corrected chi connectivity index (χ2v) is 11.8. The van der Waals surface area contributed by atoms with E-state index in [1.54, 1.807) is 0 Å². The third-order valence-corrected chi connectivity index (χ3v) is 5.85. The highest BCUT2D eigenvalue weighted by molar-refractivity contribution is 7.92. The highest BCUT2D eigenvalue weighted by atomic mass is 32.2. The first-order valence-electron chi connectivity index (χ1n) is 10.6. The Bertz CT molecular complexity index is 747. The summed E-state index contributed by atoms with van der Waals surface area (Å²) < 4.78 is 25.9. The third-order valence-electron chi connectivity index (χ3n) is 4.66. The van der Waals surface area contributed by atoms with Crippen LogP contribution < -0.4 is 9.62 Å². The van der Waals surface area contributed by atoms with Gasteiger partial charge in [0.2, 0.25) is 15.9 Å². The van der Waals surface area contributed by atoms with E-state index >= 15 is 0 Å². The SMILES string of the molecule is CCCCc1ccc(N(CCCC(=O)NC(C)(C)CC(C)(C)C)S(C)(=O)=O)cc1. The van der Waals surface area contributed by atoms with Crippen molar-refractivity contribution in [2.45, 2.75) is 85.6 Å². The van der Waals surface area contributed by atoms with Crippen LogP contribution in [-0.2, 0) is 21.2 Å². The molecule has 0 aliphatic heterocycles. The second kappa shape index (κ2) is 10.5. The number of hydrogen-bond acceptors (Lipinski definition) is 3. The largest absolute Gasteiger partial charge is 0.351 e. The maximum Gasteiger partial charge on any atom is 0.232 e. The lowest BCUT2D eigenvalue weighted by atomic mass is 9.82. The maximum atomic E-state index is 12.4. The normalized spacial score (nSPS) is 12.7. The predicted octanol–water partition coefficient (Wildman–Crippen LogP) is 4.91. The molecule has 0 bridgehead atoms. The second-order valence-electron chi connectivity index (χ2n) is 9.88. The molecule has 1 aromatic carbocycles. The smallest absolute Gasteiger partial charge is 0.232 e. The van der Waals surface area contributed by atoms with Gasteiger partial charge in [-0.2, -0.15) is 0 Å². The number of hydrogen-bond donors (Lipinski definition) is 1. The summed E-state index contributed by atoms with van der Waals surface area (Å²) in [5.41, 5.74) is 1.69. The molecular weight excluding hydrogens is 384 g/mol. The highest BCUT2D eigenvalue weighted by Crippen LogP contribution is 2.27. The Balaban J connectivity index is 2.68. The van der Waals surface area contributed by atoms with E-state index in [0.29, 0.717) is 25.1 Å². The topological polar surface area (TPSA) is 66.5 Å². The molecule has 1 amide bonds. The summed E-state index contributed by atoms with van der Waals surface area (Å²) in [4.78, 5) is 12.4. The van der Waals surface area contributed by atoms with Crippen molar-refractivity contribution in [1.29, 1.82) is 0 Å². The molecule has 1 rings (SSSR count). The molecule has 5 nitrogen and oxygen atoms in total. The summed E-state index contributed by atoms with van der Waals surface area (Å²) in [7, 11) is -3.40. The van der Waals surface area contributed by atoms with Crippen molar-refractivity contribution in [2.75, 3.05) is 17.1 Å². The number of anilines is 1. The molecule has 29 heavy (non-hydrogen) atoms. The summed E-state index contributed by atoms with van der Waals surface area (Å²) in [6, 6.07) is 7.70. The number of sulfonamides is 1. The summed E-state index contributed by atoms with van der Waals surface area (Å²) in [6.45, 7) is 13.0. The van der Waals surface area contributed by atoms with Crippen molar-refractivity contribution >= 4 is 21.6 Å². The molecule has 0 unspecified atom stereocenters. The van der Waals surface area contributed by atoms with Crippen molar-refractivity contribution in [3.8, 4) is 0 Å². The van der Waals surface area contributed by atoms with E-state index in [0.717, 1.165) is 25.7 Å². The van der Waals surface area contributed by atoms with Crippen LogP contribution in [0.15, 0.2) is 24.3 Å². The number of nitrogens with zero attached hydrogens (tertiary/aromatic N) is 1. The minimum atomic E-state index is -3.40. The average molecular weight is 425 g/mol. The lowest BCUT2D eigenvalue weighted by Crippen LogP contribution is -2.46. The first kappa shape index (κ1) is 25.5. The maximum absolute atomic E-state index is 12.4. The number of aryl methyl sites for hydroxylation is 1. The van der Waals surface area contributed by atoms with Gasteiger partial charge in [-0.15, -0.1) is 0 Å². The fourth-order valence-corrected chi connectivity index (χ4v) is 4.85. The van der Waals surface area contributed by atoms with Gasteiger partial charge in [-0.05, 0) is 62.6 Å². The van der Waals surface area contributed by atoms with Crippen LogP contribution in [0.3, 0.4) is 0 Å². The van der Waals surface area contributed by atoms with Crippen molar-refractivity contribution in [1.82, 2.24) is 5.32 Å². The zero-order chi connectivity index (χ0) is 22.3. The summed E-state index contributed by atoms with van der Waals surface area (Å²) in [5, 5.41) is 3.09. The van der Waals surface area contributed by atoms with Crippen LogP contribution in [0.25, 0.3) is 0 Å². The van der Waals surface area contributed by atoms with Crippen molar-refractivity contribution < 1.29 is 13.2 Å². The number of rotatable bonds is 11. The Labute approximate surface area is 178 Å². The molecule has 0 aromatic heterocycles. The molecule has 166 valence electrons. The molecular formula is C23H40N2O3S. The fourth-order valence-electron chi connectivity index (χ4n) is 3.89. The fraction of sp³-hybridized carbons (Fsp3) is 0.696. The summed E-state index contributed by atoms with van der Waals surface area (Å²) in [5.74, 6) is -0.0392. The van der Waals surface area contributed by atoms with E-state index in [9.17, 15) is 13.2 Å². The number of carbonyl (C=O) groups is 1. The van der Waals surface area contributed by atoms with E-state index in [1.807, 2.05) is 38.1 Å². The first-order valence-corrected chi connectivity index (χ1v) is 12.5. The van der Waals surface area contributed by atoms with E-state index in [2.05, 4.69) is 33.0 Å². The van der Waals surface area contributed by atoms with Crippen LogP contribution in [0, 0.1) is 5.41 Å². The van der Waals surface area contributed by atoms with E-state index in [1.165, 1.54) is 16.1 Å². The molecule has 6 heteroatoms. The predicted molar refractivity (Wildman–Crippen MR) is 123 cm³/mol. The molecule has 0 saturated heterocycles. The number of carbonyl (C=O) groups excluding carboxylic acids is 1. The highest BCUT2D eigenvalue weighted by Gasteiger charge is 2.27. The zero-order valence-corrected chi connectivity index (χ0v) is 20.2. The minimum absolute atomic E-state index is 0.0392. The average Bonchev–Trinajstić information content (AvgIpc) is 2.53. The Kier molecular flexibility index (Phi) is 9.19. The van der Waals surface area contributed by atoms with Gasteiger partial charge in [0.05, 0.1) is 11.9 Å². The van der Waals surface area contributed by atoms with Crippen LogP contribution in [0.1, 0.15) is 79.2 Å². The van der Waals surface area contributed by atoms with Gasteiger partial charge in [-0.25, -0.2) is 8.42 Å². The van der Waals surface area contributed by atoms with Crippen LogP contribution in [0.2, 0.25) is 0 Å². The van der Waals surface area contributed by atoms with Gasteiger partial charge >= 0.3 is 0 Å². The van der Waals surface area contributed by atoms with Crippen LogP contribution >= 0.6 is 0 Å². The van der Waals surface area contributed by atoms with Crippen molar-refractivity contribution in [3.05, 3.63) is 29.8 Å². The Hall–Kier alpha value is -1.56. The lowest BCUT2D eigenvalue weighted by molar-refractivity contribution is -0.123. The van der Waals surface area contributed by atoms with E-state index < -0.39 is 10.0 Å². The molecule has 0 aliphatic carbocycles. The van der Waals surface area contributed by atoms with Crippen molar-refractivity contribution in [2.24, 2.45) is 5.41 Å². The van der Waals surface area contributed by atoms with Crippen molar-refractivity contribution in [3.63, 3.8) is 0 Å². The Morgan fingerprint density at radius 1 is 1.03 bits per heavy atom. The monoisotopic (exact) mass is 424 g/mol. The van der Waals surface area contributed by atoms with Crippen LogP contribution in [0.5, 0.6) is 0 Å². The molecule has 0 atom stereocenters. The Morgan fingerprint density at radius 3 is 2.10 bits per heavy atom. The molecule has 0 spiro atoms. The number of nitrogens with one attached hydrogen (secondary N) is 1. The number of unbranched alkanes of at least 4 members (excludes halogenated alkanes) is 1. The van der Waals surface area contributed by atoms with Gasteiger partial charge < -0.3 is 5.32 Å². The number of benzene rings is 1. The van der Waals surface area contributed by atoms with Gasteiger partial charge in [0.1, 0.15) is 0 Å². The molecule has 1 aromatic rings. The molecule has 1 N–H and O–H groups in total. The van der Waals surface area contributed by atoms with Gasteiger partial charge in [0, 0.05) is 18.5 Å². The van der Waals surface area contributed by atoms with Crippen LogP contribution in [-0.4, -0.2) is 32.7 Å². The molecule has 0 fully saturated rings. The number of amides is 1. The lowest BCUT2D eigenvalue weighted by Gasteiger charge is -2.33. The zero-order valence-electron chi connectivity index (χ0n) is 19.3. The summed E-state index contributed by atoms with van der Waals surface area (Å²) >= 11 is 0. The van der Waals surface area contributed by atoms with Gasteiger partial charge in [0.25, 0.3) is 0 Å². The Morgan fingerprint density at radius 2 is 1.62 bits per heavy atom. The summed E-state index contributed by atoms with van der Waals surface area (Å²) in [6.07, 6.45) is 6.11. The van der Waals surface area contributed by atoms with Crippen LogP contribution in [0.4, 0.5) is 5.69 Å². The van der Waals surface area contributed by atoms with Gasteiger partial charge in [-0.1, -0.05) is 46.2 Å². The molecule has 0 saturated carbocycles. The molecule has 0 aliphatic rings.